The van der Waals surface area contributed by atoms with Crippen molar-refractivity contribution >= 4 is 23.1 Å². The number of fused-ring (bicyclic) bond motifs is 1. The van der Waals surface area contributed by atoms with Gasteiger partial charge in [-0.2, -0.15) is 0 Å². The highest BCUT2D eigenvalue weighted by Crippen LogP contribution is 2.45. The Morgan fingerprint density at radius 2 is 1.79 bits per heavy atom. The number of non-ortho nitro benzene ring substituents is 1. The summed E-state index contributed by atoms with van der Waals surface area (Å²) in [7, 11) is 0. The zero-order chi connectivity index (χ0) is 17.5. The van der Waals surface area contributed by atoms with E-state index in [1.807, 2.05) is 0 Å². The van der Waals surface area contributed by atoms with Crippen LogP contribution in [0.1, 0.15) is 22.0 Å². The van der Waals surface area contributed by atoms with E-state index in [2.05, 4.69) is 0 Å². The van der Waals surface area contributed by atoms with E-state index in [9.17, 15) is 25.0 Å². The second-order valence-corrected chi connectivity index (χ2v) is 5.68. The van der Waals surface area contributed by atoms with Crippen LogP contribution in [0.3, 0.4) is 0 Å². The lowest BCUT2D eigenvalue weighted by atomic mass is 9.91. The van der Waals surface area contributed by atoms with Crippen molar-refractivity contribution in [2.24, 2.45) is 0 Å². The van der Waals surface area contributed by atoms with Crippen molar-refractivity contribution in [1.82, 2.24) is 0 Å². The molecule has 0 radical (unpaired) electrons. The number of nitro groups is 2. The first-order chi connectivity index (χ1) is 11.4. The monoisotopic (exact) mass is 348 g/mol. The maximum atomic E-state index is 12.6. The van der Waals surface area contributed by atoms with E-state index in [0.717, 1.165) is 6.07 Å². The summed E-state index contributed by atoms with van der Waals surface area (Å²) in [6.45, 7) is 0. The molecule has 0 spiro atoms. The molecule has 0 amide bonds. The predicted molar refractivity (Wildman–Crippen MR) is 82.8 cm³/mol. The van der Waals surface area contributed by atoms with E-state index in [1.165, 1.54) is 36.4 Å². The fourth-order valence-electron chi connectivity index (χ4n) is 2.54. The van der Waals surface area contributed by atoms with Gasteiger partial charge in [0, 0.05) is 17.7 Å². The lowest BCUT2D eigenvalue weighted by molar-refractivity contribution is -0.536. The maximum absolute atomic E-state index is 12.6. The number of para-hydroxylation sites is 1. The summed E-state index contributed by atoms with van der Waals surface area (Å²) in [5.74, 6) is -0.787. The van der Waals surface area contributed by atoms with Gasteiger partial charge < -0.3 is 4.74 Å². The Hall–Kier alpha value is -3.00. The van der Waals surface area contributed by atoms with Crippen LogP contribution >= 0.6 is 11.6 Å². The molecule has 1 aliphatic heterocycles. The molecule has 0 aromatic heterocycles. The number of carbonyl (C=O) groups excluding carboxylic acids is 1. The number of alkyl halides is 1. The molecular weight excluding hydrogens is 340 g/mol. The van der Waals surface area contributed by atoms with Gasteiger partial charge in [0.05, 0.1) is 15.4 Å². The molecule has 3 rings (SSSR count). The van der Waals surface area contributed by atoms with E-state index in [0.29, 0.717) is 0 Å². The number of ketones is 1. The summed E-state index contributed by atoms with van der Waals surface area (Å²) in [5.41, 5.74) is -0.227. The third-order valence-corrected chi connectivity index (χ3v) is 4.20. The van der Waals surface area contributed by atoms with Gasteiger partial charge in [0.1, 0.15) is 5.75 Å². The van der Waals surface area contributed by atoms with Crippen LogP contribution in [-0.4, -0.2) is 20.6 Å². The second-order valence-electron chi connectivity index (χ2n) is 5.11. The van der Waals surface area contributed by atoms with Gasteiger partial charge >= 0.3 is 5.00 Å². The highest BCUT2D eigenvalue weighted by Gasteiger charge is 2.62. The average molecular weight is 349 g/mol. The number of nitrogens with zero attached hydrogens (tertiary/aromatic N) is 2. The van der Waals surface area contributed by atoms with Crippen molar-refractivity contribution in [2.75, 3.05) is 0 Å². The normalized spacial score (nSPS) is 22.4. The molecule has 0 fully saturated rings. The van der Waals surface area contributed by atoms with Crippen molar-refractivity contribution < 1.29 is 19.4 Å². The van der Waals surface area contributed by atoms with Crippen LogP contribution < -0.4 is 4.74 Å². The first-order valence-electron chi connectivity index (χ1n) is 6.74. The summed E-state index contributed by atoms with van der Waals surface area (Å²) >= 11 is 6.08. The van der Waals surface area contributed by atoms with E-state index >= 15 is 0 Å². The zero-order valence-corrected chi connectivity index (χ0v) is 12.7. The van der Waals surface area contributed by atoms with Crippen molar-refractivity contribution in [3.05, 3.63) is 79.9 Å². The number of rotatable bonds is 3. The standard InChI is InChI=1S/C15H9ClN2O6/c16-15(18(22)23)13(19)11-6-1-2-7-12(11)24-14(15)9-4-3-5-10(8-9)17(20)21/h1-8,14H. The fraction of sp³-hybridized carbons (Fsp3) is 0.133. The molecule has 2 aromatic carbocycles. The molecule has 8 nitrogen and oxygen atoms in total. The molecule has 0 aliphatic carbocycles. The minimum absolute atomic E-state index is 0.00844. The molecule has 0 bridgehead atoms. The molecule has 2 aromatic rings. The van der Waals surface area contributed by atoms with Gasteiger partial charge in [-0.15, -0.1) is 0 Å². The molecule has 122 valence electrons. The minimum Gasteiger partial charge on any atom is -0.475 e. The van der Waals surface area contributed by atoms with Gasteiger partial charge in [0.2, 0.25) is 6.10 Å². The second kappa shape index (κ2) is 5.57. The fourth-order valence-corrected chi connectivity index (χ4v) is 2.81. The van der Waals surface area contributed by atoms with E-state index in [-0.39, 0.29) is 22.6 Å². The summed E-state index contributed by atoms with van der Waals surface area (Å²) in [5, 5.41) is 22.5. The maximum Gasteiger partial charge on any atom is 0.397 e. The van der Waals surface area contributed by atoms with Crippen LogP contribution in [0.5, 0.6) is 5.75 Å². The Morgan fingerprint density at radius 1 is 1.08 bits per heavy atom. The quantitative estimate of drug-likeness (QED) is 0.364. The molecule has 1 heterocycles. The molecule has 2 unspecified atom stereocenters. The lowest BCUT2D eigenvalue weighted by Crippen LogP contribution is -2.51. The number of nitro benzene ring substituents is 1. The summed E-state index contributed by atoms with van der Waals surface area (Å²) < 4.78 is 5.58. The van der Waals surface area contributed by atoms with Crippen LogP contribution in [0.15, 0.2) is 48.5 Å². The molecular formula is C15H9ClN2O6. The Labute approximate surface area is 139 Å². The highest BCUT2D eigenvalue weighted by molar-refractivity contribution is 6.37. The van der Waals surface area contributed by atoms with Crippen LogP contribution in [0, 0.1) is 20.2 Å². The molecule has 0 saturated carbocycles. The van der Waals surface area contributed by atoms with Crippen molar-refractivity contribution in [1.29, 1.82) is 0 Å². The van der Waals surface area contributed by atoms with Gasteiger partial charge in [-0.3, -0.25) is 25.0 Å². The van der Waals surface area contributed by atoms with Crippen LogP contribution in [-0.2, 0) is 0 Å². The number of hydrogen-bond acceptors (Lipinski definition) is 6. The van der Waals surface area contributed by atoms with Gasteiger partial charge in [0.15, 0.2) is 0 Å². The summed E-state index contributed by atoms with van der Waals surface area (Å²) in [6, 6.07) is 11.1. The highest BCUT2D eigenvalue weighted by atomic mass is 35.5. The van der Waals surface area contributed by atoms with Crippen molar-refractivity contribution in [3.8, 4) is 5.75 Å². The number of ether oxygens (including phenoxy) is 1. The van der Waals surface area contributed by atoms with Gasteiger partial charge in [-0.05, 0) is 23.7 Å². The molecule has 24 heavy (non-hydrogen) atoms. The Kier molecular flexibility index (Phi) is 3.69. The largest absolute Gasteiger partial charge is 0.475 e. The SMILES string of the molecule is O=C1c2ccccc2OC(c2cccc([N+](=O)[O-])c2)C1(Cl)[N+](=O)[O-]. The number of benzene rings is 2. The van der Waals surface area contributed by atoms with Crippen molar-refractivity contribution in [3.63, 3.8) is 0 Å². The van der Waals surface area contributed by atoms with Crippen molar-refractivity contribution in [2.45, 2.75) is 11.1 Å². The Balaban J connectivity index is 2.19. The average Bonchev–Trinajstić information content (AvgIpc) is 2.58. The predicted octanol–water partition coefficient (Wildman–Crippen LogP) is 3.12. The molecule has 0 saturated heterocycles. The number of halogens is 1. The van der Waals surface area contributed by atoms with Gasteiger partial charge in [-0.25, -0.2) is 0 Å². The first-order valence-corrected chi connectivity index (χ1v) is 7.11. The topological polar surface area (TPSA) is 113 Å². The zero-order valence-electron chi connectivity index (χ0n) is 11.9. The van der Waals surface area contributed by atoms with E-state index < -0.39 is 26.7 Å². The third kappa shape index (κ3) is 2.28. The minimum atomic E-state index is -2.61. The summed E-state index contributed by atoms with van der Waals surface area (Å²) in [6.07, 6.45) is -1.50. The Bertz CT molecular complexity index is 871. The first kappa shape index (κ1) is 15.9. The molecule has 1 aliphatic rings. The number of carbonyl (C=O) groups is 1. The molecule has 9 heteroatoms. The molecule has 2 atom stereocenters. The number of hydrogen-bond donors (Lipinski definition) is 0. The Morgan fingerprint density at radius 3 is 2.46 bits per heavy atom. The third-order valence-electron chi connectivity index (χ3n) is 3.69. The van der Waals surface area contributed by atoms with Gasteiger partial charge in [0.25, 0.3) is 11.5 Å². The smallest absolute Gasteiger partial charge is 0.397 e. The number of Topliss-reactive ketones (excluding diaryl/α,β-unsaturated/α-hetero) is 1. The lowest BCUT2D eigenvalue weighted by Gasteiger charge is -2.32. The van der Waals surface area contributed by atoms with E-state index in [1.54, 1.807) is 6.07 Å². The van der Waals surface area contributed by atoms with Crippen LogP contribution in [0.25, 0.3) is 0 Å². The molecule has 0 N–H and O–H groups in total. The summed E-state index contributed by atoms with van der Waals surface area (Å²) in [4.78, 5) is 30.9. The van der Waals surface area contributed by atoms with Gasteiger partial charge in [-0.1, -0.05) is 24.3 Å². The van der Waals surface area contributed by atoms with Crippen LogP contribution in [0.4, 0.5) is 5.69 Å². The van der Waals surface area contributed by atoms with Crippen LogP contribution in [0.2, 0.25) is 0 Å². The van der Waals surface area contributed by atoms with E-state index in [4.69, 9.17) is 16.3 Å².